The predicted molar refractivity (Wildman–Crippen MR) is 55.7 cm³/mol. The van der Waals surface area contributed by atoms with Crippen molar-refractivity contribution in [3.63, 3.8) is 0 Å². The van der Waals surface area contributed by atoms with Gasteiger partial charge in [0.2, 0.25) is 5.91 Å². The van der Waals surface area contributed by atoms with E-state index in [-0.39, 0.29) is 5.91 Å². The lowest BCUT2D eigenvalue weighted by Crippen LogP contribution is -2.45. The molecule has 0 radical (unpaired) electrons. The molecule has 2 fully saturated rings. The van der Waals surface area contributed by atoms with Crippen LogP contribution in [0.1, 0.15) is 44.9 Å². The molecular formula is C11H20N2O. The Morgan fingerprint density at radius 3 is 2.43 bits per heavy atom. The number of nitrogens with one attached hydrogen (secondary N) is 1. The molecule has 2 atom stereocenters. The van der Waals surface area contributed by atoms with Crippen molar-refractivity contribution in [3.8, 4) is 0 Å². The maximum Gasteiger partial charge on any atom is 0.223 e. The minimum Gasteiger partial charge on any atom is -0.353 e. The molecule has 3 heteroatoms. The largest absolute Gasteiger partial charge is 0.353 e. The van der Waals surface area contributed by atoms with Crippen LogP contribution < -0.4 is 11.1 Å². The molecule has 2 aliphatic carbocycles. The summed E-state index contributed by atoms with van der Waals surface area (Å²) in [5.74, 6) is 0.587. The molecule has 3 nitrogen and oxygen atoms in total. The molecule has 0 spiro atoms. The van der Waals surface area contributed by atoms with Crippen molar-refractivity contribution in [2.45, 2.75) is 57.0 Å². The van der Waals surface area contributed by atoms with Crippen LogP contribution in [0.3, 0.4) is 0 Å². The van der Waals surface area contributed by atoms with Crippen molar-refractivity contribution in [2.75, 3.05) is 0 Å². The Kier molecular flexibility index (Phi) is 3.06. The average Bonchev–Trinajstić information content (AvgIpc) is 1.99. The average molecular weight is 196 g/mol. The number of amides is 1. The molecule has 2 rings (SSSR count). The summed E-state index contributed by atoms with van der Waals surface area (Å²) in [5.41, 5.74) is 5.87. The van der Waals surface area contributed by atoms with Gasteiger partial charge in [-0.3, -0.25) is 4.79 Å². The maximum absolute atomic E-state index is 11.6. The van der Waals surface area contributed by atoms with Gasteiger partial charge in [0.05, 0.1) is 0 Å². The molecule has 0 aromatic heterocycles. The van der Waals surface area contributed by atoms with E-state index in [1.807, 2.05) is 0 Å². The molecule has 14 heavy (non-hydrogen) atoms. The Balaban J connectivity index is 1.75. The summed E-state index contributed by atoms with van der Waals surface area (Å²) in [6.45, 7) is 0. The van der Waals surface area contributed by atoms with Gasteiger partial charge < -0.3 is 11.1 Å². The number of carbonyl (C=O) groups excluding carboxylic acids is 1. The number of carbonyl (C=O) groups is 1. The number of hydrogen-bond acceptors (Lipinski definition) is 2. The zero-order valence-electron chi connectivity index (χ0n) is 8.67. The zero-order chi connectivity index (χ0) is 9.97. The summed E-state index contributed by atoms with van der Waals surface area (Å²) in [5, 5.41) is 3.13. The SMILES string of the molecule is NC1CCCC(NC(=O)C2CCC2)C1. The molecule has 3 N–H and O–H groups in total. The molecule has 0 bridgehead atoms. The Bertz CT molecular complexity index is 213. The Labute approximate surface area is 85.4 Å². The third kappa shape index (κ3) is 2.27. The van der Waals surface area contributed by atoms with Crippen LogP contribution in [0, 0.1) is 5.92 Å². The van der Waals surface area contributed by atoms with E-state index < -0.39 is 0 Å². The quantitative estimate of drug-likeness (QED) is 0.696. The van der Waals surface area contributed by atoms with Crippen LogP contribution in [-0.4, -0.2) is 18.0 Å². The third-order valence-corrected chi connectivity index (χ3v) is 3.54. The van der Waals surface area contributed by atoms with E-state index in [0.29, 0.717) is 18.0 Å². The van der Waals surface area contributed by atoms with Crippen molar-refractivity contribution in [3.05, 3.63) is 0 Å². The summed E-state index contributed by atoms with van der Waals surface area (Å²) in [6, 6.07) is 0.655. The lowest BCUT2D eigenvalue weighted by atomic mass is 9.84. The van der Waals surface area contributed by atoms with Crippen LogP contribution in [0.15, 0.2) is 0 Å². The first kappa shape index (κ1) is 9.97. The fraction of sp³-hybridized carbons (Fsp3) is 0.909. The van der Waals surface area contributed by atoms with Crippen molar-refractivity contribution >= 4 is 5.91 Å². The first-order valence-corrected chi connectivity index (χ1v) is 5.81. The highest BCUT2D eigenvalue weighted by Crippen LogP contribution is 2.27. The minimum atomic E-state index is 0.273. The maximum atomic E-state index is 11.6. The molecule has 0 aliphatic heterocycles. The first-order chi connectivity index (χ1) is 6.75. The summed E-state index contributed by atoms with van der Waals surface area (Å²) < 4.78 is 0. The molecule has 0 aromatic rings. The number of rotatable bonds is 2. The lowest BCUT2D eigenvalue weighted by molar-refractivity contribution is -0.128. The van der Waals surface area contributed by atoms with Crippen LogP contribution in [0.25, 0.3) is 0 Å². The normalized spacial score (nSPS) is 33.5. The highest BCUT2D eigenvalue weighted by molar-refractivity contribution is 5.79. The Morgan fingerprint density at radius 2 is 1.86 bits per heavy atom. The van der Waals surface area contributed by atoms with E-state index in [0.717, 1.165) is 38.5 Å². The molecular weight excluding hydrogens is 176 g/mol. The standard InChI is InChI=1S/C11H20N2O/c12-9-5-2-6-10(7-9)13-11(14)8-3-1-4-8/h8-10H,1-7,12H2,(H,13,14). The molecule has 2 saturated carbocycles. The minimum absolute atomic E-state index is 0.273. The van der Waals surface area contributed by atoms with Gasteiger partial charge in [-0.2, -0.15) is 0 Å². The smallest absolute Gasteiger partial charge is 0.223 e. The zero-order valence-corrected chi connectivity index (χ0v) is 8.67. The van der Waals surface area contributed by atoms with Crippen LogP contribution in [0.4, 0.5) is 0 Å². The Morgan fingerprint density at radius 1 is 1.14 bits per heavy atom. The highest BCUT2D eigenvalue weighted by atomic mass is 16.2. The van der Waals surface area contributed by atoms with Crippen LogP contribution in [-0.2, 0) is 4.79 Å². The van der Waals surface area contributed by atoms with Crippen LogP contribution >= 0.6 is 0 Å². The van der Waals surface area contributed by atoms with Gasteiger partial charge >= 0.3 is 0 Å². The van der Waals surface area contributed by atoms with E-state index in [4.69, 9.17) is 5.73 Å². The van der Waals surface area contributed by atoms with E-state index in [1.165, 1.54) is 6.42 Å². The second-order valence-electron chi connectivity index (χ2n) is 4.76. The van der Waals surface area contributed by atoms with Gasteiger partial charge in [0.25, 0.3) is 0 Å². The highest BCUT2D eigenvalue weighted by Gasteiger charge is 2.28. The van der Waals surface area contributed by atoms with Crippen molar-refractivity contribution < 1.29 is 4.79 Å². The van der Waals surface area contributed by atoms with Gasteiger partial charge in [-0.1, -0.05) is 6.42 Å². The monoisotopic (exact) mass is 196 g/mol. The summed E-state index contributed by atoms with van der Waals surface area (Å²) in [4.78, 5) is 11.6. The summed E-state index contributed by atoms with van der Waals surface area (Å²) in [7, 11) is 0. The van der Waals surface area contributed by atoms with Gasteiger partial charge in [0.1, 0.15) is 0 Å². The van der Waals surface area contributed by atoms with Crippen LogP contribution in [0.5, 0.6) is 0 Å². The second-order valence-corrected chi connectivity index (χ2v) is 4.76. The summed E-state index contributed by atoms with van der Waals surface area (Å²) in [6.07, 6.45) is 7.77. The van der Waals surface area contributed by atoms with Gasteiger partial charge in [-0.25, -0.2) is 0 Å². The lowest BCUT2D eigenvalue weighted by Gasteiger charge is -2.31. The number of hydrogen-bond donors (Lipinski definition) is 2. The van der Waals surface area contributed by atoms with Gasteiger partial charge in [-0.05, 0) is 38.5 Å². The number of nitrogens with two attached hydrogens (primary N) is 1. The van der Waals surface area contributed by atoms with E-state index in [9.17, 15) is 4.79 Å². The fourth-order valence-corrected chi connectivity index (χ4v) is 2.35. The molecule has 1 amide bonds. The van der Waals surface area contributed by atoms with Gasteiger partial charge in [-0.15, -0.1) is 0 Å². The molecule has 0 heterocycles. The van der Waals surface area contributed by atoms with E-state index in [1.54, 1.807) is 0 Å². The molecule has 2 aliphatic rings. The topological polar surface area (TPSA) is 55.1 Å². The van der Waals surface area contributed by atoms with E-state index >= 15 is 0 Å². The summed E-state index contributed by atoms with van der Waals surface area (Å²) >= 11 is 0. The molecule has 0 saturated heterocycles. The molecule has 0 aromatic carbocycles. The van der Waals surface area contributed by atoms with Crippen molar-refractivity contribution in [1.29, 1.82) is 0 Å². The van der Waals surface area contributed by atoms with Crippen LogP contribution in [0.2, 0.25) is 0 Å². The third-order valence-electron chi connectivity index (χ3n) is 3.54. The van der Waals surface area contributed by atoms with E-state index in [2.05, 4.69) is 5.32 Å². The molecule has 2 unspecified atom stereocenters. The van der Waals surface area contributed by atoms with Gasteiger partial charge in [0.15, 0.2) is 0 Å². The fourth-order valence-electron chi connectivity index (χ4n) is 2.35. The second kappa shape index (κ2) is 4.30. The predicted octanol–water partition coefficient (Wildman–Crippen LogP) is 1.17. The van der Waals surface area contributed by atoms with Gasteiger partial charge in [0, 0.05) is 18.0 Å². The molecule has 80 valence electrons. The Hall–Kier alpha value is -0.570. The van der Waals surface area contributed by atoms with Crippen molar-refractivity contribution in [1.82, 2.24) is 5.32 Å². The van der Waals surface area contributed by atoms with Crippen molar-refractivity contribution in [2.24, 2.45) is 11.7 Å². The first-order valence-electron chi connectivity index (χ1n) is 5.81.